The van der Waals surface area contributed by atoms with Crippen LogP contribution in [0.25, 0.3) is 0 Å². The fourth-order valence-corrected chi connectivity index (χ4v) is 2.73. The first kappa shape index (κ1) is 15.0. The number of rotatable bonds is 2. The van der Waals surface area contributed by atoms with Crippen molar-refractivity contribution < 1.29 is 4.92 Å². The van der Waals surface area contributed by atoms with Gasteiger partial charge in [-0.3, -0.25) is 10.1 Å². The molecule has 2 rings (SSSR count). The van der Waals surface area contributed by atoms with Crippen molar-refractivity contribution in [1.82, 2.24) is 4.90 Å². The fraction of sp³-hybridized carbons (Fsp3) is 0.462. The molecule has 20 heavy (non-hydrogen) atoms. The highest BCUT2D eigenvalue weighted by atomic mass is 35.5. The topological polar surface area (TPSA) is 58.4 Å². The molecule has 0 spiro atoms. The summed E-state index contributed by atoms with van der Waals surface area (Å²) in [6, 6.07) is 4.28. The van der Waals surface area contributed by atoms with Gasteiger partial charge in [-0.2, -0.15) is 0 Å². The summed E-state index contributed by atoms with van der Waals surface area (Å²) in [4.78, 5) is 12.4. The molecule has 0 aliphatic carbocycles. The highest BCUT2D eigenvalue weighted by Crippen LogP contribution is 2.27. The lowest BCUT2D eigenvalue weighted by Gasteiger charge is -2.33. The van der Waals surface area contributed by atoms with Gasteiger partial charge in [0.15, 0.2) is 5.11 Å². The molecule has 1 aliphatic rings. The fourth-order valence-electron chi connectivity index (χ4n) is 2.29. The predicted molar refractivity (Wildman–Crippen MR) is 84.3 cm³/mol. The summed E-state index contributed by atoms with van der Waals surface area (Å²) in [5.74, 6) is 0.601. The van der Waals surface area contributed by atoms with Gasteiger partial charge in [-0.05, 0) is 37.0 Å². The van der Waals surface area contributed by atoms with Gasteiger partial charge in [0.2, 0.25) is 0 Å². The van der Waals surface area contributed by atoms with Crippen LogP contribution >= 0.6 is 23.8 Å². The number of hydrogen-bond acceptors (Lipinski definition) is 3. The van der Waals surface area contributed by atoms with Gasteiger partial charge in [-0.1, -0.05) is 18.5 Å². The van der Waals surface area contributed by atoms with Gasteiger partial charge in [-0.25, -0.2) is 0 Å². The standard InChI is InChI=1S/C13H16ClN3O2S/c1-9-3-2-6-16(8-9)13(20)15-12-7-10(17(18)19)4-5-11(12)14/h4-5,7,9H,2-3,6,8H2,1H3,(H,15,20)/t9-/m0/s1. The zero-order valence-corrected chi connectivity index (χ0v) is 12.7. The second kappa shape index (κ2) is 6.37. The third kappa shape index (κ3) is 3.58. The molecule has 1 aromatic carbocycles. The van der Waals surface area contributed by atoms with Crippen molar-refractivity contribution in [2.24, 2.45) is 5.92 Å². The van der Waals surface area contributed by atoms with Crippen LogP contribution in [-0.2, 0) is 0 Å². The number of piperidine rings is 1. The quantitative estimate of drug-likeness (QED) is 0.513. The molecule has 0 amide bonds. The molecule has 0 radical (unpaired) electrons. The first-order valence-corrected chi connectivity index (χ1v) is 7.26. The van der Waals surface area contributed by atoms with E-state index in [1.807, 2.05) is 0 Å². The molecule has 1 fully saturated rings. The van der Waals surface area contributed by atoms with E-state index in [4.69, 9.17) is 23.8 Å². The van der Waals surface area contributed by atoms with E-state index in [-0.39, 0.29) is 5.69 Å². The maximum Gasteiger partial charge on any atom is 0.271 e. The number of anilines is 1. The van der Waals surface area contributed by atoms with Crippen molar-refractivity contribution in [2.45, 2.75) is 19.8 Å². The Hall–Kier alpha value is -1.40. The first-order chi connectivity index (χ1) is 9.47. The molecule has 0 bridgehead atoms. The number of non-ortho nitro benzene ring substituents is 1. The summed E-state index contributed by atoms with van der Waals surface area (Å²) in [5, 5.41) is 14.8. The molecule has 1 heterocycles. The van der Waals surface area contributed by atoms with E-state index in [1.54, 1.807) is 0 Å². The van der Waals surface area contributed by atoms with E-state index in [0.717, 1.165) is 19.5 Å². The van der Waals surface area contributed by atoms with Gasteiger partial charge in [-0.15, -0.1) is 0 Å². The summed E-state index contributed by atoms with van der Waals surface area (Å²) in [6.45, 7) is 4.00. The zero-order chi connectivity index (χ0) is 14.7. The Morgan fingerprint density at radius 2 is 2.35 bits per heavy atom. The molecule has 1 saturated heterocycles. The lowest BCUT2D eigenvalue weighted by Crippen LogP contribution is -2.41. The number of halogens is 1. The number of nitro groups is 1. The Bertz CT molecular complexity index is 538. The van der Waals surface area contributed by atoms with E-state index >= 15 is 0 Å². The van der Waals surface area contributed by atoms with Crippen molar-refractivity contribution in [3.8, 4) is 0 Å². The summed E-state index contributed by atoms with van der Waals surface area (Å²) in [7, 11) is 0. The molecular formula is C13H16ClN3O2S. The largest absolute Gasteiger partial charge is 0.349 e. The minimum Gasteiger partial charge on any atom is -0.349 e. The lowest BCUT2D eigenvalue weighted by atomic mass is 10.0. The highest BCUT2D eigenvalue weighted by Gasteiger charge is 2.19. The Kier molecular flexibility index (Phi) is 4.77. The number of nitrogens with zero attached hydrogens (tertiary/aromatic N) is 2. The number of likely N-dealkylation sites (tertiary alicyclic amines) is 1. The molecule has 1 aromatic rings. The van der Waals surface area contributed by atoms with Crippen LogP contribution in [0.15, 0.2) is 18.2 Å². The van der Waals surface area contributed by atoms with E-state index in [9.17, 15) is 10.1 Å². The normalized spacial score (nSPS) is 18.7. The monoisotopic (exact) mass is 313 g/mol. The van der Waals surface area contributed by atoms with Crippen LogP contribution in [0.5, 0.6) is 0 Å². The van der Waals surface area contributed by atoms with Gasteiger partial charge in [0, 0.05) is 25.2 Å². The van der Waals surface area contributed by atoms with Gasteiger partial charge in [0.1, 0.15) is 0 Å². The molecule has 0 saturated carbocycles. The first-order valence-electron chi connectivity index (χ1n) is 6.47. The Morgan fingerprint density at radius 1 is 1.60 bits per heavy atom. The van der Waals surface area contributed by atoms with Crippen molar-refractivity contribution in [3.63, 3.8) is 0 Å². The van der Waals surface area contributed by atoms with Gasteiger partial charge in [0.25, 0.3) is 5.69 Å². The number of nitrogens with one attached hydrogen (secondary N) is 1. The summed E-state index contributed by atoms with van der Waals surface area (Å²) < 4.78 is 0. The smallest absolute Gasteiger partial charge is 0.271 e. The highest BCUT2D eigenvalue weighted by molar-refractivity contribution is 7.80. The minimum atomic E-state index is -0.451. The van der Waals surface area contributed by atoms with Gasteiger partial charge in [0.05, 0.1) is 15.6 Å². The minimum absolute atomic E-state index is 0.00767. The zero-order valence-electron chi connectivity index (χ0n) is 11.1. The molecule has 7 heteroatoms. The van der Waals surface area contributed by atoms with Crippen LogP contribution in [-0.4, -0.2) is 28.0 Å². The van der Waals surface area contributed by atoms with Crippen LogP contribution in [0.4, 0.5) is 11.4 Å². The molecule has 0 unspecified atom stereocenters. The van der Waals surface area contributed by atoms with E-state index in [0.29, 0.717) is 21.7 Å². The summed E-state index contributed by atoms with van der Waals surface area (Å²) in [5.41, 5.74) is 0.468. The van der Waals surface area contributed by atoms with E-state index < -0.39 is 4.92 Å². The van der Waals surface area contributed by atoms with Gasteiger partial charge < -0.3 is 10.2 Å². The molecule has 1 aliphatic heterocycles. The second-order valence-corrected chi connectivity index (χ2v) is 5.84. The SMILES string of the molecule is C[C@H]1CCCN(C(=S)Nc2cc([N+](=O)[O-])ccc2Cl)C1. The third-order valence-corrected chi connectivity index (χ3v) is 4.04. The lowest BCUT2D eigenvalue weighted by molar-refractivity contribution is -0.384. The Labute approximate surface area is 128 Å². The average Bonchev–Trinajstić information content (AvgIpc) is 2.41. The molecule has 5 nitrogen and oxygen atoms in total. The van der Waals surface area contributed by atoms with Crippen LogP contribution in [0, 0.1) is 16.0 Å². The van der Waals surface area contributed by atoms with Crippen LogP contribution in [0.2, 0.25) is 5.02 Å². The molecular weight excluding hydrogens is 298 g/mol. The van der Waals surface area contributed by atoms with Crippen molar-refractivity contribution in [1.29, 1.82) is 0 Å². The summed E-state index contributed by atoms with van der Waals surface area (Å²) >= 11 is 11.4. The second-order valence-electron chi connectivity index (χ2n) is 5.04. The summed E-state index contributed by atoms with van der Waals surface area (Å²) in [6.07, 6.45) is 2.31. The van der Waals surface area contributed by atoms with Crippen LogP contribution < -0.4 is 5.32 Å². The maximum absolute atomic E-state index is 10.8. The predicted octanol–water partition coefficient (Wildman–Crippen LogP) is 3.68. The van der Waals surface area contributed by atoms with Crippen molar-refractivity contribution >= 4 is 40.3 Å². The molecule has 0 aromatic heterocycles. The third-order valence-electron chi connectivity index (χ3n) is 3.35. The van der Waals surface area contributed by atoms with Crippen LogP contribution in [0.3, 0.4) is 0 Å². The van der Waals surface area contributed by atoms with Crippen LogP contribution in [0.1, 0.15) is 19.8 Å². The van der Waals surface area contributed by atoms with Gasteiger partial charge >= 0.3 is 0 Å². The maximum atomic E-state index is 10.8. The number of hydrogen-bond donors (Lipinski definition) is 1. The Morgan fingerprint density at radius 3 is 3.00 bits per heavy atom. The van der Waals surface area contributed by atoms with E-state index in [1.165, 1.54) is 24.6 Å². The van der Waals surface area contributed by atoms with E-state index in [2.05, 4.69) is 17.1 Å². The van der Waals surface area contributed by atoms with Crippen molar-refractivity contribution in [3.05, 3.63) is 33.3 Å². The van der Waals surface area contributed by atoms with Crippen molar-refractivity contribution in [2.75, 3.05) is 18.4 Å². The Balaban J connectivity index is 2.10. The number of thiocarbonyl (C=S) groups is 1. The average molecular weight is 314 g/mol. The molecule has 1 atom stereocenters. The molecule has 108 valence electrons. The number of benzene rings is 1. The molecule has 1 N–H and O–H groups in total. The number of nitro benzene ring substituents is 1.